The van der Waals surface area contributed by atoms with E-state index >= 15 is 0 Å². The third-order valence-corrected chi connectivity index (χ3v) is 2.98. The van der Waals surface area contributed by atoms with E-state index in [-0.39, 0.29) is 0 Å². The fourth-order valence-corrected chi connectivity index (χ4v) is 2.39. The van der Waals surface area contributed by atoms with Gasteiger partial charge in [0.2, 0.25) is 0 Å². The van der Waals surface area contributed by atoms with E-state index in [4.69, 9.17) is 0 Å². The lowest BCUT2D eigenvalue weighted by Gasteiger charge is -2.34. The Bertz CT molecular complexity index is 194. The van der Waals surface area contributed by atoms with E-state index in [2.05, 4.69) is 58.7 Å². The number of nitrogens with zero attached hydrogens (tertiary/aromatic N) is 1. The highest BCUT2D eigenvalue weighted by Gasteiger charge is 2.19. The molecule has 0 aromatic heterocycles. The Hall–Kier alpha value is -0.0800. The highest BCUT2D eigenvalue weighted by molar-refractivity contribution is 4.76. The summed E-state index contributed by atoms with van der Waals surface area (Å²) in [5.41, 5.74) is 0.387. The first-order valence-corrected chi connectivity index (χ1v) is 7.74. The predicted octanol–water partition coefficient (Wildman–Crippen LogP) is 3.77. The van der Waals surface area contributed by atoms with Crippen molar-refractivity contribution in [2.75, 3.05) is 26.2 Å². The maximum atomic E-state index is 3.67. The molecule has 0 fully saturated rings. The molecule has 2 heteroatoms. The van der Waals surface area contributed by atoms with Crippen LogP contribution in [0.15, 0.2) is 0 Å². The van der Waals surface area contributed by atoms with Gasteiger partial charge < -0.3 is 10.2 Å². The molecule has 18 heavy (non-hydrogen) atoms. The first-order chi connectivity index (χ1) is 8.28. The van der Waals surface area contributed by atoms with Gasteiger partial charge in [0.15, 0.2) is 0 Å². The Labute approximate surface area is 116 Å². The van der Waals surface area contributed by atoms with E-state index < -0.39 is 0 Å². The van der Waals surface area contributed by atoms with E-state index in [0.717, 1.165) is 12.5 Å². The van der Waals surface area contributed by atoms with Gasteiger partial charge in [-0.05, 0) is 30.7 Å². The molecule has 0 aliphatic rings. The molecule has 1 atom stereocenters. The van der Waals surface area contributed by atoms with Crippen molar-refractivity contribution in [1.29, 1.82) is 0 Å². The van der Waals surface area contributed by atoms with Gasteiger partial charge in [-0.3, -0.25) is 0 Å². The molecule has 110 valence electrons. The summed E-state index contributed by atoms with van der Waals surface area (Å²) in [6.45, 7) is 20.9. The first-order valence-electron chi connectivity index (χ1n) is 7.74. The summed E-state index contributed by atoms with van der Waals surface area (Å²) >= 11 is 0. The summed E-state index contributed by atoms with van der Waals surface area (Å²) in [5, 5.41) is 3.67. The Morgan fingerprint density at radius 3 is 2.06 bits per heavy atom. The molecule has 0 bridgehead atoms. The number of hydrogen-bond donors (Lipinski definition) is 1. The van der Waals surface area contributed by atoms with Gasteiger partial charge in [-0.25, -0.2) is 0 Å². The van der Waals surface area contributed by atoms with Gasteiger partial charge in [0.1, 0.15) is 0 Å². The van der Waals surface area contributed by atoms with Gasteiger partial charge in [-0.15, -0.1) is 0 Å². The second kappa shape index (κ2) is 8.92. The van der Waals surface area contributed by atoms with Crippen molar-refractivity contribution in [2.24, 2.45) is 11.3 Å². The van der Waals surface area contributed by atoms with Crippen molar-refractivity contribution in [3.8, 4) is 0 Å². The Balaban J connectivity index is 4.35. The highest BCUT2D eigenvalue weighted by Crippen LogP contribution is 2.16. The third kappa shape index (κ3) is 9.90. The molecular weight excluding hydrogens is 220 g/mol. The fourth-order valence-electron chi connectivity index (χ4n) is 2.39. The van der Waals surface area contributed by atoms with Crippen LogP contribution in [0.25, 0.3) is 0 Å². The molecule has 0 heterocycles. The zero-order chi connectivity index (χ0) is 14.2. The van der Waals surface area contributed by atoms with E-state index in [0.29, 0.717) is 11.5 Å². The van der Waals surface area contributed by atoms with Crippen molar-refractivity contribution < 1.29 is 0 Å². The zero-order valence-electron chi connectivity index (χ0n) is 13.8. The first kappa shape index (κ1) is 17.9. The van der Waals surface area contributed by atoms with Crippen molar-refractivity contribution in [3.05, 3.63) is 0 Å². The van der Waals surface area contributed by atoms with E-state index in [1.54, 1.807) is 0 Å². The molecular formula is C16H36N2. The van der Waals surface area contributed by atoms with Gasteiger partial charge in [-0.1, -0.05) is 48.5 Å². The summed E-state index contributed by atoms with van der Waals surface area (Å²) in [6.07, 6.45) is 2.44. The van der Waals surface area contributed by atoms with Crippen LogP contribution in [0.1, 0.15) is 61.3 Å². The average Bonchev–Trinajstić information content (AvgIpc) is 2.20. The fraction of sp³-hybridized carbons (Fsp3) is 1.00. The molecule has 0 rings (SSSR count). The normalized spacial score (nSPS) is 14.5. The van der Waals surface area contributed by atoms with Crippen LogP contribution in [-0.2, 0) is 0 Å². The number of hydrogen-bond acceptors (Lipinski definition) is 2. The summed E-state index contributed by atoms with van der Waals surface area (Å²) in [6, 6.07) is 0.644. The maximum Gasteiger partial charge on any atom is 0.0192 e. The lowest BCUT2D eigenvalue weighted by atomic mass is 9.95. The monoisotopic (exact) mass is 256 g/mol. The second-order valence-corrected chi connectivity index (χ2v) is 7.21. The zero-order valence-corrected chi connectivity index (χ0v) is 13.8. The number of nitrogens with one attached hydrogen (secondary N) is 1. The van der Waals surface area contributed by atoms with Crippen LogP contribution in [0, 0.1) is 11.3 Å². The minimum atomic E-state index is 0.387. The van der Waals surface area contributed by atoms with Crippen LogP contribution in [0.2, 0.25) is 0 Å². The van der Waals surface area contributed by atoms with E-state index in [1.165, 1.54) is 32.5 Å². The maximum absolute atomic E-state index is 3.67. The molecule has 0 spiro atoms. The van der Waals surface area contributed by atoms with Crippen molar-refractivity contribution in [1.82, 2.24) is 10.2 Å². The molecule has 0 saturated heterocycles. The van der Waals surface area contributed by atoms with Gasteiger partial charge in [0.25, 0.3) is 0 Å². The quantitative estimate of drug-likeness (QED) is 0.675. The standard InChI is InChI=1S/C16H36N2/c1-8-10-17-15(9-2)12-18(11-14(3)4)13-16(5,6)7/h14-15,17H,8-13H2,1-7H3/t15-/m1/s1. The van der Waals surface area contributed by atoms with Gasteiger partial charge in [0, 0.05) is 25.7 Å². The van der Waals surface area contributed by atoms with Crippen LogP contribution in [0.4, 0.5) is 0 Å². The average molecular weight is 256 g/mol. The third-order valence-electron chi connectivity index (χ3n) is 2.98. The van der Waals surface area contributed by atoms with E-state index in [9.17, 15) is 0 Å². The van der Waals surface area contributed by atoms with Crippen LogP contribution < -0.4 is 5.32 Å². The SMILES string of the molecule is CCCN[C@H](CC)CN(CC(C)C)CC(C)(C)C. The molecule has 1 N–H and O–H groups in total. The minimum Gasteiger partial charge on any atom is -0.313 e. The van der Waals surface area contributed by atoms with E-state index in [1.807, 2.05) is 0 Å². The lowest BCUT2D eigenvalue weighted by molar-refractivity contribution is 0.157. The summed E-state index contributed by atoms with van der Waals surface area (Å²) in [4.78, 5) is 2.64. The molecule has 0 amide bonds. The van der Waals surface area contributed by atoms with Crippen LogP contribution in [-0.4, -0.2) is 37.1 Å². The molecule has 0 aliphatic heterocycles. The van der Waals surface area contributed by atoms with Crippen molar-refractivity contribution in [2.45, 2.75) is 67.3 Å². The smallest absolute Gasteiger partial charge is 0.0192 e. The second-order valence-electron chi connectivity index (χ2n) is 7.21. The minimum absolute atomic E-state index is 0.387. The largest absolute Gasteiger partial charge is 0.313 e. The molecule has 2 nitrogen and oxygen atoms in total. The van der Waals surface area contributed by atoms with Gasteiger partial charge in [0.05, 0.1) is 0 Å². The summed E-state index contributed by atoms with van der Waals surface area (Å²) < 4.78 is 0. The topological polar surface area (TPSA) is 15.3 Å². The Morgan fingerprint density at radius 2 is 1.67 bits per heavy atom. The van der Waals surface area contributed by atoms with Gasteiger partial charge >= 0.3 is 0 Å². The Kier molecular flexibility index (Phi) is 8.89. The predicted molar refractivity (Wildman–Crippen MR) is 83.1 cm³/mol. The lowest BCUT2D eigenvalue weighted by Crippen LogP contribution is -2.45. The Morgan fingerprint density at radius 1 is 1.06 bits per heavy atom. The molecule has 0 unspecified atom stereocenters. The molecule has 0 radical (unpaired) electrons. The highest BCUT2D eigenvalue weighted by atomic mass is 15.2. The van der Waals surface area contributed by atoms with Crippen molar-refractivity contribution >= 4 is 0 Å². The summed E-state index contributed by atoms with van der Waals surface area (Å²) in [5.74, 6) is 0.746. The molecule has 0 aliphatic carbocycles. The van der Waals surface area contributed by atoms with Crippen LogP contribution in [0.5, 0.6) is 0 Å². The summed E-state index contributed by atoms with van der Waals surface area (Å²) in [7, 11) is 0. The number of rotatable bonds is 9. The molecule has 0 aromatic rings. The van der Waals surface area contributed by atoms with Crippen molar-refractivity contribution in [3.63, 3.8) is 0 Å². The van der Waals surface area contributed by atoms with Gasteiger partial charge in [-0.2, -0.15) is 0 Å². The molecule has 0 aromatic carbocycles. The molecule has 0 saturated carbocycles. The van der Waals surface area contributed by atoms with Crippen LogP contribution in [0.3, 0.4) is 0 Å². The van der Waals surface area contributed by atoms with Crippen LogP contribution >= 0.6 is 0 Å².